The Labute approximate surface area is 125 Å². The van der Waals surface area contributed by atoms with Gasteiger partial charge in [-0.15, -0.1) is 0 Å². The molecule has 0 atom stereocenters. The quantitative estimate of drug-likeness (QED) is 0.784. The van der Waals surface area contributed by atoms with Crippen molar-refractivity contribution in [3.63, 3.8) is 0 Å². The van der Waals surface area contributed by atoms with Crippen LogP contribution in [-0.2, 0) is 0 Å². The van der Waals surface area contributed by atoms with Crippen molar-refractivity contribution >= 4 is 0 Å². The molecule has 2 heteroatoms. The minimum absolute atomic E-state index is 0.832. The zero-order valence-electron chi connectivity index (χ0n) is 12.0. The van der Waals surface area contributed by atoms with E-state index in [-0.39, 0.29) is 0 Å². The van der Waals surface area contributed by atoms with Crippen molar-refractivity contribution < 1.29 is 10.1 Å². The first-order valence-corrected chi connectivity index (χ1v) is 6.69. The Morgan fingerprint density at radius 3 is 2.57 bits per heavy atom. The highest BCUT2D eigenvalue weighted by atomic mass is 16.5. The normalized spacial score (nSPS) is 14.1. The van der Waals surface area contributed by atoms with Crippen LogP contribution in [0.5, 0.6) is 5.75 Å². The second-order valence-corrected chi connectivity index (χ2v) is 4.45. The summed E-state index contributed by atoms with van der Waals surface area (Å²) in [6.45, 7) is 3.99. The average Bonchev–Trinajstić information content (AvgIpc) is 2.52. The van der Waals surface area contributed by atoms with Crippen molar-refractivity contribution in [3.05, 3.63) is 90.3 Å². The van der Waals surface area contributed by atoms with Crippen molar-refractivity contribution in [2.24, 2.45) is 0 Å². The van der Waals surface area contributed by atoms with Gasteiger partial charge in [-0.05, 0) is 42.0 Å². The number of ether oxygens (including phenoxy) is 1. The molecule has 104 valence electrons. The van der Waals surface area contributed by atoms with E-state index in [1.54, 1.807) is 7.11 Å². The molecule has 0 radical (unpaired) electrons. The summed E-state index contributed by atoms with van der Waals surface area (Å²) in [5.41, 5.74) is 2.80. The van der Waals surface area contributed by atoms with Crippen LogP contribution in [0, 0.1) is 11.8 Å². The van der Waals surface area contributed by atoms with E-state index in [1.165, 1.54) is 0 Å². The summed E-state index contributed by atoms with van der Waals surface area (Å²) in [6.07, 6.45) is 13.8. The molecule has 21 heavy (non-hydrogen) atoms. The average molecular weight is 276 g/mol. The number of hydrogen-bond donors (Lipinski definition) is 1. The topological polar surface area (TPSA) is 25.8 Å². The van der Waals surface area contributed by atoms with Crippen molar-refractivity contribution in [1.29, 1.82) is 0 Å². The molecule has 0 aromatic heterocycles. The molecule has 2 rings (SSSR count). The first-order valence-electron chi connectivity index (χ1n) is 6.69. The maximum absolute atomic E-state index is 5.13. The third-order valence-electron chi connectivity index (χ3n) is 2.81. The van der Waals surface area contributed by atoms with E-state index in [2.05, 4.69) is 18.4 Å². The smallest absolute Gasteiger partial charge is 0.118 e. The summed E-state index contributed by atoms with van der Waals surface area (Å²) >= 11 is 0. The molecule has 1 heterocycles. The molecular formula is C19H18NO+. The molecule has 0 saturated heterocycles. The summed E-state index contributed by atoms with van der Waals surface area (Å²) in [6, 6.07) is 7.70. The van der Waals surface area contributed by atoms with Crippen LogP contribution in [-0.4, -0.2) is 7.11 Å². The number of rotatable bonds is 1. The lowest BCUT2D eigenvalue weighted by atomic mass is 10.1. The SMILES string of the molecule is C=C1C=CC=C[NH2+]C=CC(C#Cc2ccc(OC)cc2)=C1. The van der Waals surface area contributed by atoms with Crippen molar-refractivity contribution in [1.82, 2.24) is 0 Å². The summed E-state index contributed by atoms with van der Waals surface area (Å²) in [4.78, 5) is 0. The van der Waals surface area contributed by atoms with Crippen molar-refractivity contribution in [3.8, 4) is 17.6 Å². The zero-order valence-corrected chi connectivity index (χ0v) is 12.0. The number of benzene rings is 1. The molecular weight excluding hydrogens is 258 g/mol. The minimum atomic E-state index is 0.832. The molecule has 0 fully saturated rings. The molecule has 0 unspecified atom stereocenters. The van der Waals surface area contributed by atoms with Gasteiger partial charge < -0.3 is 4.74 Å². The van der Waals surface area contributed by atoms with Crippen LogP contribution in [0.2, 0.25) is 0 Å². The Bertz CT molecular complexity index is 677. The Kier molecular flexibility index (Phi) is 5.40. The van der Waals surface area contributed by atoms with Crippen LogP contribution < -0.4 is 10.1 Å². The number of quaternary nitrogens is 1. The molecule has 0 saturated carbocycles. The third-order valence-corrected chi connectivity index (χ3v) is 2.81. The largest absolute Gasteiger partial charge is 0.497 e. The van der Waals surface area contributed by atoms with E-state index >= 15 is 0 Å². The second kappa shape index (κ2) is 7.74. The van der Waals surface area contributed by atoms with Gasteiger partial charge in [-0.2, -0.15) is 0 Å². The molecule has 1 aromatic carbocycles. The summed E-state index contributed by atoms with van der Waals surface area (Å²) in [5, 5.41) is 1.97. The van der Waals surface area contributed by atoms with E-state index in [0.29, 0.717) is 0 Å². The number of hydrogen-bond acceptors (Lipinski definition) is 1. The van der Waals surface area contributed by atoms with Gasteiger partial charge in [-0.3, -0.25) is 5.32 Å². The van der Waals surface area contributed by atoms with Gasteiger partial charge in [0.15, 0.2) is 0 Å². The Hall–Kier alpha value is -2.76. The number of nitrogens with two attached hydrogens (primary N) is 1. The number of allylic oxidation sites excluding steroid dienone is 7. The van der Waals surface area contributed by atoms with Crippen LogP contribution in [0.25, 0.3) is 0 Å². The molecule has 1 aromatic rings. The molecule has 0 amide bonds. The van der Waals surface area contributed by atoms with Crippen LogP contribution >= 0.6 is 0 Å². The fourth-order valence-electron chi connectivity index (χ4n) is 1.72. The summed E-state index contributed by atoms with van der Waals surface area (Å²) in [5.74, 6) is 7.15. The molecule has 2 nitrogen and oxygen atoms in total. The monoisotopic (exact) mass is 276 g/mol. The van der Waals surface area contributed by atoms with Crippen molar-refractivity contribution in [2.45, 2.75) is 0 Å². The predicted molar refractivity (Wildman–Crippen MR) is 86.4 cm³/mol. The fourth-order valence-corrected chi connectivity index (χ4v) is 1.72. The molecule has 0 bridgehead atoms. The van der Waals surface area contributed by atoms with E-state index in [9.17, 15) is 0 Å². The van der Waals surface area contributed by atoms with Gasteiger partial charge in [-0.25, -0.2) is 0 Å². The lowest BCUT2D eigenvalue weighted by molar-refractivity contribution is -0.513. The summed E-state index contributed by atoms with van der Waals surface area (Å²) < 4.78 is 5.13. The Morgan fingerprint density at radius 2 is 1.81 bits per heavy atom. The lowest BCUT2D eigenvalue weighted by Crippen LogP contribution is -2.70. The standard InChI is InChI=1S/C19H17NO/c1-16-5-3-4-13-20-14-12-18(15-16)7-6-17-8-10-19(21-2)11-9-17/h3-5,8-15,20H,1H2,2H3/p+1. The molecule has 0 aliphatic carbocycles. The van der Waals surface area contributed by atoms with Gasteiger partial charge in [0.1, 0.15) is 5.75 Å². The minimum Gasteiger partial charge on any atom is -0.497 e. The second-order valence-electron chi connectivity index (χ2n) is 4.45. The highest BCUT2D eigenvalue weighted by Gasteiger charge is 1.93. The number of methoxy groups -OCH3 is 1. The third kappa shape index (κ3) is 5.02. The van der Waals surface area contributed by atoms with Gasteiger partial charge in [-0.1, -0.05) is 30.6 Å². The highest BCUT2D eigenvalue weighted by molar-refractivity contribution is 5.49. The Balaban J connectivity index is 2.21. The van der Waals surface area contributed by atoms with Crippen LogP contribution in [0.1, 0.15) is 5.56 Å². The van der Waals surface area contributed by atoms with Crippen LogP contribution in [0.4, 0.5) is 0 Å². The Morgan fingerprint density at radius 1 is 1.00 bits per heavy atom. The van der Waals surface area contributed by atoms with Gasteiger partial charge in [0.2, 0.25) is 0 Å². The van der Waals surface area contributed by atoms with Gasteiger partial charge in [0.05, 0.1) is 19.5 Å². The molecule has 1 aliphatic heterocycles. The van der Waals surface area contributed by atoms with E-state index < -0.39 is 0 Å². The lowest BCUT2D eigenvalue weighted by Gasteiger charge is -1.98. The maximum Gasteiger partial charge on any atom is 0.118 e. The first kappa shape index (κ1) is 14.6. The van der Waals surface area contributed by atoms with E-state index in [4.69, 9.17) is 4.74 Å². The molecule has 1 aliphatic rings. The first-order chi connectivity index (χ1) is 10.3. The van der Waals surface area contributed by atoms with Crippen LogP contribution in [0.3, 0.4) is 0 Å². The maximum atomic E-state index is 5.13. The van der Waals surface area contributed by atoms with Crippen LogP contribution in [0.15, 0.2) is 84.8 Å². The predicted octanol–water partition coefficient (Wildman–Crippen LogP) is 2.69. The van der Waals surface area contributed by atoms with Crippen molar-refractivity contribution in [2.75, 3.05) is 7.11 Å². The zero-order chi connectivity index (χ0) is 14.9. The van der Waals surface area contributed by atoms with Gasteiger partial charge in [0.25, 0.3) is 0 Å². The van der Waals surface area contributed by atoms with Gasteiger partial charge in [0, 0.05) is 17.2 Å². The van der Waals surface area contributed by atoms with Gasteiger partial charge >= 0.3 is 0 Å². The highest BCUT2D eigenvalue weighted by Crippen LogP contribution is 2.11. The summed E-state index contributed by atoms with van der Waals surface area (Å²) in [7, 11) is 1.65. The molecule has 2 N–H and O–H groups in total. The fraction of sp³-hybridized carbons (Fsp3) is 0.0526. The van der Waals surface area contributed by atoms with E-state index in [1.807, 2.05) is 72.4 Å². The van der Waals surface area contributed by atoms with E-state index in [0.717, 1.165) is 22.5 Å². The molecule has 0 spiro atoms.